The van der Waals surface area contributed by atoms with Gasteiger partial charge in [0, 0.05) is 11.8 Å². The van der Waals surface area contributed by atoms with Crippen molar-refractivity contribution in [3.8, 4) is 11.5 Å². The predicted octanol–water partition coefficient (Wildman–Crippen LogP) is 2.50. The van der Waals surface area contributed by atoms with E-state index in [1.54, 1.807) is 19.2 Å². The predicted molar refractivity (Wildman–Crippen MR) is 84.5 cm³/mol. The fourth-order valence-electron chi connectivity index (χ4n) is 1.52. The Balaban J connectivity index is 1.86. The topological polar surface area (TPSA) is 73.3 Å². The summed E-state index contributed by atoms with van der Waals surface area (Å²) in [6, 6.07) is 7.15. The van der Waals surface area contributed by atoms with Crippen LogP contribution in [0.25, 0.3) is 0 Å². The molecule has 8 heteroatoms. The van der Waals surface area contributed by atoms with Crippen molar-refractivity contribution in [3.63, 3.8) is 0 Å². The van der Waals surface area contributed by atoms with Crippen LogP contribution in [0.3, 0.4) is 0 Å². The molecular formula is C13H14BrN3O3S. The van der Waals surface area contributed by atoms with E-state index in [9.17, 15) is 4.79 Å². The van der Waals surface area contributed by atoms with Crippen molar-refractivity contribution in [1.82, 2.24) is 10.2 Å². The number of anilines is 1. The van der Waals surface area contributed by atoms with Gasteiger partial charge in [0.1, 0.15) is 5.01 Å². The van der Waals surface area contributed by atoms with Gasteiger partial charge in [-0.25, -0.2) is 0 Å². The second-order valence-electron chi connectivity index (χ2n) is 3.93. The third kappa shape index (κ3) is 4.68. The van der Waals surface area contributed by atoms with Crippen LogP contribution in [0.5, 0.6) is 11.5 Å². The Morgan fingerprint density at radius 2 is 2.10 bits per heavy atom. The number of aromatic nitrogens is 2. The quantitative estimate of drug-likeness (QED) is 0.756. The summed E-state index contributed by atoms with van der Waals surface area (Å²) in [6.07, 6.45) is 0.783. The van der Waals surface area contributed by atoms with Crippen LogP contribution in [-0.4, -0.2) is 35.2 Å². The lowest BCUT2D eigenvalue weighted by molar-refractivity contribution is -0.118. The van der Waals surface area contributed by atoms with Crippen LogP contribution in [-0.2, 0) is 11.2 Å². The monoisotopic (exact) mass is 371 g/mol. The molecule has 0 atom stereocenters. The molecule has 6 nitrogen and oxygen atoms in total. The van der Waals surface area contributed by atoms with Crippen LogP contribution < -0.4 is 14.8 Å². The van der Waals surface area contributed by atoms with Gasteiger partial charge in [0.2, 0.25) is 5.13 Å². The SMILES string of the molecule is COc1ccccc1OCC(=O)Nc1nnc(CCBr)s1. The van der Waals surface area contributed by atoms with Gasteiger partial charge in [-0.2, -0.15) is 0 Å². The maximum absolute atomic E-state index is 11.8. The molecule has 0 unspecified atom stereocenters. The number of carbonyl (C=O) groups excluding carboxylic acids is 1. The van der Waals surface area contributed by atoms with Crippen molar-refractivity contribution in [1.29, 1.82) is 0 Å². The standard InChI is InChI=1S/C13H14BrN3O3S/c1-19-9-4-2-3-5-10(9)20-8-11(18)15-13-17-16-12(21-13)6-7-14/h2-5H,6-8H2,1H3,(H,15,17,18). The Hall–Kier alpha value is -1.67. The molecule has 0 radical (unpaired) electrons. The van der Waals surface area contributed by atoms with Gasteiger partial charge in [0.15, 0.2) is 18.1 Å². The van der Waals surface area contributed by atoms with Crippen molar-refractivity contribution in [2.75, 3.05) is 24.4 Å². The zero-order valence-corrected chi connectivity index (χ0v) is 13.7. The minimum absolute atomic E-state index is 0.117. The van der Waals surface area contributed by atoms with Gasteiger partial charge in [-0.1, -0.05) is 39.4 Å². The van der Waals surface area contributed by atoms with Crippen LogP contribution >= 0.6 is 27.3 Å². The van der Waals surface area contributed by atoms with E-state index in [0.717, 1.165) is 16.8 Å². The molecule has 2 rings (SSSR count). The lowest BCUT2D eigenvalue weighted by Gasteiger charge is -2.09. The molecule has 1 amide bonds. The van der Waals surface area contributed by atoms with Gasteiger partial charge >= 0.3 is 0 Å². The minimum atomic E-state index is -0.289. The molecule has 1 heterocycles. The maximum atomic E-state index is 11.8. The fraction of sp³-hybridized carbons (Fsp3) is 0.308. The number of para-hydroxylation sites is 2. The summed E-state index contributed by atoms with van der Waals surface area (Å²) < 4.78 is 10.6. The van der Waals surface area contributed by atoms with Crippen LogP contribution in [0.1, 0.15) is 5.01 Å². The van der Waals surface area contributed by atoms with Crippen LogP contribution in [0.2, 0.25) is 0 Å². The number of aryl methyl sites for hydroxylation is 1. The molecule has 0 fully saturated rings. The summed E-state index contributed by atoms with van der Waals surface area (Å²) >= 11 is 4.68. The number of halogens is 1. The van der Waals surface area contributed by atoms with Crippen molar-refractivity contribution in [2.45, 2.75) is 6.42 Å². The molecule has 0 aliphatic rings. The number of ether oxygens (including phenoxy) is 2. The number of benzene rings is 1. The number of alkyl halides is 1. The highest BCUT2D eigenvalue weighted by atomic mass is 79.9. The van der Waals surface area contributed by atoms with Gasteiger partial charge in [0.25, 0.3) is 5.91 Å². The number of methoxy groups -OCH3 is 1. The Bertz CT molecular complexity index is 606. The number of nitrogens with one attached hydrogen (secondary N) is 1. The van der Waals surface area contributed by atoms with Crippen LogP contribution in [0, 0.1) is 0 Å². The molecule has 21 heavy (non-hydrogen) atoms. The van der Waals surface area contributed by atoms with E-state index >= 15 is 0 Å². The lowest BCUT2D eigenvalue weighted by Crippen LogP contribution is -2.20. The average Bonchev–Trinajstić information content (AvgIpc) is 2.93. The van der Waals surface area contributed by atoms with E-state index in [4.69, 9.17) is 9.47 Å². The number of hydrogen-bond donors (Lipinski definition) is 1. The Labute approximate surface area is 134 Å². The highest BCUT2D eigenvalue weighted by Gasteiger charge is 2.10. The zero-order chi connectivity index (χ0) is 15.1. The number of amides is 1. The molecule has 0 saturated carbocycles. The molecule has 0 aliphatic heterocycles. The third-order valence-electron chi connectivity index (χ3n) is 2.45. The molecule has 2 aromatic rings. The van der Waals surface area contributed by atoms with Crippen LogP contribution in [0.15, 0.2) is 24.3 Å². The summed E-state index contributed by atoms with van der Waals surface area (Å²) in [5, 5.41) is 12.7. The first-order valence-corrected chi connectivity index (χ1v) is 8.10. The van der Waals surface area contributed by atoms with Crippen LogP contribution in [0.4, 0.5) is 5.13 Å². The Kier molecular flexibility index (Phi) is 5.94. The molecule has 1 aromatic heterocycles. The largest absolute Gasteiger partial charge is 0.493 e. The minimum Gasteiger partial charge on any atom is -0.493 e. The van der Waals surface area contributed by atoms with Gasteiger partial charge in [-0.15, -0.1) is 10.2 Å². The summed E-state index contributed by atoms with van der Waals surface area (Å²) in [4.78, 5) is 11.8. The number of carbonyl (C=O) groups is 1. The van der Waals surface area contributed by atoms with E-state index in [1.165, 1.54) is 11.3 Å². The second-order valence-corrected chi connectivity index (χ2v) is 5.78. The molecule has 1 aromatic carbocycles. The third-order valence-corrected chi connectivity index (χ3v) is 3.74. The normalized spacial score (nSPS) is 10.2. The van der Waals surface area contributed by atoms with Crippen molar-refractivity contribution < 1.29 is 14.3 Å². The van der Waals surface area contributed by atoms with E-state index in [-0.39, 0.29) is 12.5 Å². The molecular weight excluding hydrogens is 358 g/mol. The lowest BCUT2D eigenvalue weighted by atomic mass is 10.3. The van der Waals surface area contributed by atoms with Gasteiger partial charge in [0.05, 0.1) is 7.11 Å². The number of hydrogen-bond acceptors (Lipinski definition) is 6. The van der Waals surface area contributed by atoms with Crippen molar-refractivity contribution in [3.05, 3.63) is 29.3 Å². The molecule has 0 spiro atoms. The first kappa shape index (κ1) is 15.7. The summed E-state index contributed by atoms with van der Waals surface area (Å²) in [7, 11) is 1.55. The smallest absolute Gasteiger partial charge is 0.264 e. The Morgan fingerprint density at radius 1 is 1.33 bits per heavy atom. The first-order chi connectivity index (χ1) is 10.2. The number of nitrogens with zero attached hydrogens (tertiary/aromatic N) is 2. The first-order valence-electron chi connectivity index (χ1n) is 6.17. The van der Waals surface area contributed by atoms with E-state index < -0.39 is 0 Å². The Morgan fingerprint density at radius 3 is 2.81 bits per heavy atom. The average molecular weight is 372 g/mol. The summed E-state index contributed by atoms with van der Waals surface area (Å²) in [5.41, 5.74) is 0. The highest BCUT2D eigenvalue weighted by molar-refractivity contribution is 9.09. The van der Waals surface area contributed by atoms with Crippen molar-refractivity contribution in [2.24, 2.45) is 0 Å². The molecule has 1 N–H and O–H groups in total. The fourth-order valence-corrected chi connectivity index (χ4v) is 2.92. The highest BCUT2D eigenvalue weighted by Crippen LogP contribution is 2.25. The zero-order valence-electron chi connectivity index (χ0n) is 11.3. The van der Waals surface area contributed by atoms with Crippen molar-refractivity contribution >= 4 is 38.3 Å². The molecule has 0 saturated heterocycles. The van der Waals surface area contributed by atoms with Gasteiger partial charge < -0.3 is 9.47 Å². The van der Waals surface area contributed by atoms with Gasteiger partial charge in [-0.05, 0) is 12.1 Å². The molecule has 0 aliphatic carbocycles. The van der Waals surface area contributed by atoms with E-state index in [2.05, 4.69) is 31.4 Å². The number of rotatable bonds is 7. The molecule has 112 valence electrons. The second kappa shape index (κ2) is 7.94. The van der Waals surface area contributed by atoms with E-state index in [1.807, 2.05) is 12.1 Å². The van der Waals surface area contributed by atoms with E-state index in [0.29, 0.717) is 16.6 Å². The summed E-state index contributed by atoms with van der Waals surface area (Å²) in [5.74, 6) is 0.815. The summed E-state index contributed by atoms with van der Waals surface area (Å²) in [6.45, 7) is -0.117. The maximum Gasteiger partial charge on any atom is 0.264 e. The van der Waals surface area contributed by atoms with Gasteiger partial charge in [-0.3, -0.25) is 10.1 Å². The molecule has 0 bridgehead atoms.